The van der Waals surface area contributed by atoms with Crippen molar-refractivity contribution in [1.29, 1.82) is 0 Å². The molecule has 0 saturated carbocycles. The van der Waals surface area contributed by atoms with Gasteiger partial charge in [0.15, 0.2) is 17.8 Å². The molecule has 0 atom stereocenters. The van der Waals surface area contributed by atoms with Crippen LogP contribution in [0.4, 0.5) is 0 Å². The average Bonchev–Trinajstić information content (AvgIpc) is 3.19. The van der Waals surface area contributed by atoms with Crippen molar-refractivity contribution < 1.29 is 14.3 Å². The highest BCUT2D eigenvalue weighted by atomic mass is 32.1. The van der Waals surface area contributed by atoms with Crippen molar-refractivity contribution >= 4 is 22.6 Å². The average molecular weight is 359 g/mol. The topological polar surface area (TPSA) is 65.7 Å². The zero-order valence-electron chi connectivity index (χ0n) is 14.8. The Balaban J connectivity index is 2.11. The molecule has 0 aliphatic heterocycles. The van der Waals surface area contributed by atoms with Crippen LogP contribution in [0.3, 0.4) is 0 Å². The van der Waals surface area contributed by atoms with Crippen LogP contribution in [0, 0.1) is 0 Å². The number of aldehydes is 1. The number of aromatic nitrogens is 3. The summed E-state index contributed by atoms with van der Waals surface area (Å²) in [4.78, 5) is 17.1. The second-order valence-corrected chi connectivity index (χ2v) is 6.67. The molecule has 7 heteroatoms. The molecule has 0 unspecified atom stereocenters. The number of rotatable bonds is 7. The Hall–Kier alpha value is -2.41. The van der Waals surface area contributed by atoms with Crippen molar-refractivity contribution in [3.8, 4) is 22.8 Å². The van der Waals surface area contributed by atoms with Crippen molar-refractivity contribution in [2.24, 2.45) is 0 Å². The number of nitrogens with zero attached hydrogens (tertiary/aromatic N) is 3. The van der Waals surface area contributed by atoms with Gasteiger partial charge in [-0.15, -0.1) is 0 Å². The maximum absolute atomic E-state index is 11.7. The van der Waals surface area contributed by atoms with Crippen LogP contribution < -0.4 is 9.47 Å². The Bertz CT molecular complexity index is 896. The molecule has 0 amide bonds. The van der Waals surface area contributed by atoms with Crippen molar-refractivity contribution in [3.05, 3.63) is 28.9 Å². The first kappa shape index (κ1) is 17.4. The fourth-order valence-electron chi connectivity index (χ4n) is 2.88. The first-order valence-electron chi connectivity index (χ1n) is 8.23. The zero-order chi connectivity index (χ0) is 18.0. The van der Waals surface area contributed by atoms with Crippen molar-refractivity contribution in [1.82, 2.24) is 14.6 Å². The summed E-state index contributed by atoms with van der Waals surface area (Å²) in [6, 6.07) is 5.49. The summed E-state index contributed by atoms with van der Waals surface area (Å²) in [5.74, 6) is 1.63. The summed E-state index contributed by atoms with van der Waals surface area (Å²) in [6.45, 7) is 4.29. The SMILES string of the molecule is CCC(CC)c1nn2c(C=O)c(-c3ccc(OC)c(OC)c3)nc2s1. The second kappa shape index (κ2) is 7.23. The molecular formula is C18H21N3O3S. The maximum atomic E-state index is 11.7. The Kier molecular flexibility index (Phi) is 5.03. The van der Waals surface area contributed by atoms with E-state index in [0.717, 1.165) is 34.7 Å². The Morgan fingerprint density at radius 3 is 2.52 bits per heavy atom. The molecule has 132 valence electrons. The van der Waals surface area contributed by atoms with Gasteiger partial charge in [-0.05, 0) is 31.0 Å². The Morgan fingerprint density at radius 2 is 1.92 bits per heavy atom. The molecular weight excluding hydrogens is 338 g/mol. The third-order valence-electron chi connectivity index (χ3n) is 4.36. The highest BCUT2D eigenvalue weighted by molar-refractivity contribution is 7.16. The molecule has 0 aliphatic carbocycles. The maximum Gasteiger partial charge on any atom is 0.213 e. The fraction of sp³-hybridized carbons (Fsp3) is 0.389. The lowest BCUT2D eigenvalue weighted by Gasteiger charge is -2.09. The number of hydrogen-bond acceptors (Lipinski definition) is 6. The molecule has 25 heavy (non-hydrogen) atoms. The number of methoxy groups -OCH3 is 2. The van der Waals surface area contributed by atoms with Crippen LogP contribution in [0.5, 0.6) is 11.5 Å². The molecule has 0 saturated heterocycles. The Labute approximate surface area is 150 Å². The lowest BCUT2D eigenvalue weighted by atomic mass is 10.1. The molecule has 3 aromatic rings. The van der Waals surface area contributed by atoms with Crippen LogP contribution in [0.25, 0.3) is 16.2 Å². The van der Waals surface area contributed by atoms with Crippen molar-refractivity contribution in [2.75, 3.05) is 14.2 Å². The van der Waals surface area contributed by atoms with E-state index in [2.05, 4.69) is 23.9 Å². The third kappa shape index (κ3) is 3.00. The highest BCUT2D eigenvalue weighted by Gasteiger charge is 2.21. The third-order valence-corrected chi connectivity index (χ3v) is 5.43. The van der Waals surface area contributed by atoms with E-state index in [1.54, 1.807) is 36.1 Å². The number of hydrogen-bond donors (Lipinski definition) is 0. The number of carbonyl (C=O) groups excluding carboxylic acids is 1. The van der Waals surface area contributed by atoms with Gasteiger partial charge in [-0.25, -0.2) is 4.98 Å². The number of imidazole rings is 1. The molecule has 1 aromatic carbocycles. The molecule has 2 heterocycles. The number of benzene rings is 1. The number of ether oxygens (including phenoxy) is 2. The second-order valence-electron chi connectivity index (χ2n) is 5.68. The van der Waals surface area contributed by atoms with E-state index in [0.29, 0.717) is 28.8 Å². The van der Waals surface area contributed by atoms with Gasteiger partial charge >= 0.3 is 0 Å². The monoisotopic (exact) mass is 359 g/mol. The first-order valence-corrected chi connectivity index (χ1v) is 9.05. The van der Waals surface area contributed by atoms with Gasteiger partial charge in [-0.1, -0.05) is 25.2 Å². The summed E-state index contributed by atoms with van der Waals surface area (Å²) >= 11 is 1.54. The van der Waals surface area contributed by atoms with Gasteiger partial charge in [0.25, 0.3) is 0 Å². The van der Waals surface area contributed by atoms with Crippen molar-refractivity contribution in [3.63, 3.8) is 0 Å². The standard InChI is InChI=1S/C18H21N3O3S/c1-5-11(6-2)17-20-21-13(10-22)16(19-18(21)25-17)12-7-8-14(23-3)15(9-12)24-4/h7-11H,5-6H2,1-4H3. The predicted octanol–water partition coefficient (Wildman–Crippen LogP) is 4.19. The molecule has 0 spiro atoms. The largest absolute Gasteiger partial charge is 0.493 e. The number of fused-ring (bicyclic) bond motifs is 1. The molecule has 0 aliphatic rings. The molecule has 3 rings (SSSR count). The van der Waals surface area contributed by atoms with Crippen LogP contribution in [0.2, 0.25) is 0 Å². The van der Waals surface area contributed by atoms with Gasteiger partial charge in [-0.3, -0.25) is 4.79 Å². The molecule has 0 radical (unpaired) electrons. The van der Waals surface area contributed by atoms with E-state index >= 15 is 0 Å². The lowest BCUT2D eigenvalue weighted by molar-refractivity contribution is 0.111. The molecule has 6 nitrogen and oxygen atoms in total. The minimum absolute atomic E-state index is 0.399. The van der Waals surface area contributed by atoms with Crippen LogP contribution in [0.1, 0.15) is 48.1 Å². The number of carbonyl (C=O) groups is 1. The van der Waals surface area contributed by atoms with Gasteiger partial charge in [0.2, 0.25) is 4.96 Å². The van der Waals surface area contributed by atoms with Gasteiger partial charge in [0.1, 0.15) is 16.4 Å². The zero-order valence-corrected chi connectivity index (χ0v) is 15.6. The summed E-state index contributed by atoms with van der Waals surface area (Å²) in [5, 5.41) is 5.66. The van der Waals surface area contributed by atoms with Gasteiger partial charge < -0.3 is 9.47 Å². The minimum Gasteiger partial charge on any atom is -0.493 e. The van der Waals surface area contributed by atoms with Gasteiger partial charge in [0, 0.05) is 11.5 Å². The normalized spacial score (nSPS) is 11.2. The van der Waals surface area contributed by atoms with Crippen LogP contribution in [-0.4, -0.2) is 35.1 Å². The summed E-state index contributed by atoms with van der Waals surface area (Å²) in [5.41, 5.74) is 1.85. The van der Waals surface area contributed by atoms with E-state index in [-0.39, 0.29) is 0 Å². The first-order chi connectivity index (χ1) is 12.2. The van der Waals surface area contributed by atoms with Gasteiger partial charge in [-0.2, -0.15) is 9.61 Å². The van der Waals surface area contributed by atoms with E-state index < -0.39 is 0 Å². The highest BCUT2D eigenvalue weighted by Crippen LogP contribution is 2.35. The summed E-state index contributed by atoms with van der Waals surface area (Å²) in [7, 11) is 3.17. The smallest absolute Gasteiger partial charge is 0.213 e. The Morgan fingerprint density at radius 1 is 1.20 bits per heavy atom. The molecule has 0 fully saturated rings. The summed E-state index contributed by atoms with van der Waals surface area (Å²) in [6.07, 6.45) is 2.85. The molecule has 0 bridgehead atoms. The van der Waals surface area contributed by atoms with E-state index in [9.17, 15) is 4.79 Å². The van der Waals surface area contributed by atoms with E-state index in [1.165, 1.54) is 0 Å². The fourth-order valence-corrected chi connectivity index (χ4v) is 4.06. The molecule has 2 aromatic heterocycles. The predicted molar refractivity (Wildman–Crippen MR) is 98.1 cm³/mol. The quantitative estimate of drug-likeness (QED) is 0.592. The van der Waals surface area contributed by atoms with E-state index in [1.807, 2.05) is 12.1 Å². The van der Waals surface area contributed by atoms with Gasteiger partial charge in [0.05, 0.1) is 14.2 Å². The minimum atomic E-state index is 0.399. The molecule has 0 N–H and O–H groups in total. The summed E-state index contributed by atoms with van der Waals surface area (Å²) < 4.78 is 12.3. The van der Waals surface area contributed by atoms with Crippen LogP contribution >= 0.6 is 11.3 Å². The van der Waals surface area contributed by atoms with Crippen LogP contribution in [0.15, 0.2) is 18.2 Å². The van der Waals surface area contributed by atoms with Crippen LogP contribution in [-0.2, 0) is 0 Å². The van der Waals surface area contributed by atoms with Crippen molar-refractivity contribution in [2.45, 2.75) is 32.6 Å². The van der Waals surface area contributed by atoms with E-state index in [4.69, 9.17) is 9.47 Å². The lowest BCUT2D eigenvalue weighted by Crippen LogP contribution is -1.99.